The van der Waals surface area contributed by atoms with Gasteiger partial charge in [0.1, 0.15) is 5.82 Å². The summed E-state index contributed by atoms with van der Waals surface area (Å²) in [6.45, 7) is 4.94. The molecule has 1 aliphatic heterocycles. The molecule has 3 aromatic rings. The number of benzene rings is 1. The standard InChI is InChI=1S/C24H26N4O2S/c1-18-6-2-3-8-21(18)24(30)28-12-5-11-27(13-14-28)22-10-9-19(17-25-22)26-23(29)16-20-7-4-15-31-20/h2-4,6-10,15,17H,5,11-14,16H2,1H3,(H,26,29). The Morgan fingerprint density at radius 2 is 1.90 bits per heavy atom. The number of nitrogens with one attached hydrogen (secondary N) is 1. The van der Waals surface area contributed by atoms with Crippen LogP contribution in [0.1, 0.15) is 27.2 Å². The largest absolute Gasteiger partial charge is 0.355 e. The number of aryl methyl sites for hydroxylation is 1. The normalized spacial score (nSPS) is 14.2. The molecule has 0 radical (unpaired) electrons. The Morgan fingerprint density at radius 1 is 1.03 bits per heavy atom. The molecule has 160 valence electrons. The second kappa shape index (κ2) is 9.75. The van der Waals surface area contributed by atoms with Gasteiger partial charge >= 0.3 is 0 Å². The molecule has 2 aromatic heterocycles. The molecule has 0 saturated carbocycles. The number of hydrogen-bond donors (Lipinski definition) is 1. The predicted octanol–water partition coefficient (Wildman–Crippen LogP) is 3.99. The van der Waals surface area contributed by atoms with Crippen molar-refractivity contribution in [2.24, 2.45) is 0 Å². The molecule has 1 fully saturated rings. The zero-order valence-corrected chi connectivity index (χ0v) is 18.4. The lowest BCUT2D eigenvalue weighted by molar-refractivity contribution is -0.115. The summed E-state index contributed by atoms with van der Waals surface area (Å²) in [4.78, 5) is 34.8. The van der Waals surface area contributed by atoms with Crippen LogP contribution in [0.4, 0.5) is 11.5 Å². The molecule has 0 aliphatic carbocycles. The van der Waals surface area contributed by atoms with E-state index in [4.69, 9.17) is 0 Å². The van der Waals surface area contributed by atoms with E-state index >= 15 is 0 Å². The number of pyridine rings is 1. The van der Waals surface area contributed by atoms with Gasteiger partial charge in [-0.1, -0.05) is 24.3 Å². The number of aromatic nitrogens is 1. The minimum absolute atomic E-state index is 0.0443. The summed E-state index contributed by atoms with van der Waals surface area (Å²) in [5, 5.41) is 4.87. The fraction of sp³-hybridized carbons (Fsp3) is 0.292. The molecule has 1 aromatic carbocycles. The monoisotopic (exact) mass is 434 g/mol. The maximum atomic E-state index is 12.9. The van der Waals surface area contributed by atoms with Crippen LogP contribution in [0, 0.1) is 6.92 Å². The van der Waals surface area contributed by atoms with Crippen molar-refractivity contribution in [2.75, 3.05) is 36.4 Å². The summed E-state index contributed by atoms with van der Waals surface area (Å²) < 4.78 is 0. The minimum atomic E-state index is -0.0443. The topological polar surface area (TPSA) is 65.5 Å². The first-order chi connectivity index (χ1) is 15.1. The first-order valence-electron chi connectivity index (χ1n) is 10.5. The van der Waals surface area contributed by atoms with Crippen LogP contribution in [-0.2, 0) is 11.2 Å². The van der Waals surface area contributed by atoms with Crippen LogP contribution in [-0.4, -0.2) is 47.9 Å². The van der Waals surface area contributed by atoms with E-state index in [9.17, 15) is 9.59 Å². The summed E-state index contributed by atoms with van der Waals surface area (Å²) in [7, 11) is 0. The van der Waals surface area contributed by atoms with Gasteiger partial charge < -0.3 is 15.1 Å². The lowest BCUT2D eigenvalue weighted by Crippen LogP contribution is -2.35. The van der Waals surface area contributed by atoms with Crippen LogP contribution >= 0.6 is 11.3 Å². The number of anilines is 2. The van der Waals surface area contributed by atoms with Crippen LogP contribution in [0.5, 0.6) is 0 Å². The number of amides is 2. The number of rotatable bonds is 5. The SMILES string of the molecule is Cc1ccccc1C(=O)N1CCCN(c2ccc(NC(=O)Cc3cccs3)cn2)CC1. The fourth-order valence-corrected chi connectivity index (χ4v) is 4.46. The van der Waals surface area contributed by atoms with Crippen LogP contribution < -0.4 is 10.2 Å². The van der Waals surface area contributed by atoms with Crippen molar-refractivity contribution < 1.29 is 9.59 Å². The van der Waals surface area contributed by atoms with Gasteiger partial charge in [-0.2, -0.15) is 0 Å². The van der Waals surface area contributed by atoms with E-state index in [1.807, 2.05) is 65.7 Å². The smallest absolute Gasteiger partial charge is 0.254 e. The molecule has 4 rings (SSSR count). The summed E-state index contributed by atoms with van der Waals surface area (Å²) >= 11 is 1.58. The van der Waals surface area contributed by atoms with Crippen molar-refractivity contribution in [1.29, 1.82) is 0 Å². The molecule has 6 nitrogen and oxygen atoms in total. The third kappa shape index (κ3) is 5.30. The molecule has 0 unspecified atom stereocenters. The van der Waals surface area contributed by atoms with Gasteiger partial charge in [0.2, 0.25) is 5.91 Å². The van der Waals surface area contributed by atoms with E-state index in [-0.39, 0.29) is 11.8 Å². The zero-order chi connectivity index (χ0) is 21.6. The molecule has 0 spiro atoms. The number of hydrogen-bond acceptors (Lipinski definition) is 5. The number of carbonyl (C=O) groups is 2. The molecule has 0 atom stereocenters. The average molecular weight is 435 g/mol. The minimum Gasteiger partial charge on any atom is -0.355 e. The quantitative estimate of drug-likeness (QED) is 0.660. The molecule has 1 aliphatic rings. The van der Waals surface area contributed by atoms with Gasteiger partial charge in [-0.05, 0) is 48.6 Å². The van der Waals surface area contributed by atoms with Crippen molar-refractivity contribution in [2.45, 2.75) is 19.8 Å². The van der Waals surface area contributed by atoms with Crippen LogP contribution in [0.25, 0.3) is 0 Å². The van der Waals surface area contributed by atoms with Crippen LogP contribution in [0.2, 0.25) is 0 Å². The van der Waals surface area contributed by atoms with Gasteiger partial charge in [0.15, 0.2) is 0 Å². The van der Waals surface area contributed by atoms with Crippen LogP contribution in [0.15, 0.2) is 60.1 Å². The number of thiophene rings is 1. The third-order valence-electron chi connectivity index (χ3n) is 5.43. The van der Waals surface area contributed by atoms with Crippen molar-refractivity contribution in [3.63, 3.8) is 0 Å². The summed E-state index contributed by atoms with van der Waals surface area (Å²) in [6.07, 6.45) is 2.96. The molecule has 7 heteroatoms. The van der Waals surface area contributed by atoms with E-state index in [0.717, 1.165) is 47.9 Å². The molecule has 3 heterocycles. The highest BCUT2D eigenvalue weighted by molar-refractivity contribution is 7.10. The van der Waals surface area contributed by atoms with Gasteiger partial charge in [0, 0.05) is 36.6 Å². The van der Waals surface area contributed by atoms with Gasteiger partial charge in [0.05, 0.1) is 18.3 Å². The molecule has 0 bridgehead atoms. The molecular formula is C24H26N4O2S. The first-order valence-corrected chi connectivity index (χ1v) is 11.4. The third-order valence-corrected chi connectivity index (χ3v) is 6.31. The van der Waals surface area contributed by atoms with Gasteiger partial charge in [-0.25, -0.2) is 4.98 Å². The maximum absolute atomic E-state index is 12.9. The first kappa shape index (κ1) is 21.1. The highest BCUT2D eigenvalue weighted by Crippen LogP contribution is 2.19. The molecule has 31 heavy (non-hydrogen) atoms. The lowest BCUT2D eigenvalue weighted by Gasteiger charge is -2.23. The lowest BCUT2D eigenvalue weighted by atomic mass is 10.1. The average Bonchev–Trinajstić information content (AvgIpc) is 3.15. The van der Waals surface area contributed by atoms with Crippen molar-refractivity contribution in [3.8, 4) is 0 Å². The number of carbonyl (C=O) groups excluding carboxylic acids is 2. The summed E-state index contributed by atoms with van der Waals surface area (Å²) in [5.41, 5.74) is 2.47. The fourth-order valence-electron chi connectivity index (χ4n) is 3.76. The number of nitrogens with zero attached hydrogens (tertiary/aromatic N) is 3. The van der Waals surface area contributed by atoms with E-state index in [1.165, 1.54) is 0 Å². The van der Waals surface area contributed by atoms with E-state index in [0.29, 0.717) is 18.7 Å². The summed E-state index contributed by atoms with van der Waals surface area (Å²) in [5.74, 6) is 0.912. The maximum Gasteiger partial charge on any atom is 0.254 e. The van der Waals surface area contributed by atoms with Crippen molar-refractivity contribution >= 4 is 34.7 Å². The second-order valence-corrected chi connectivity index (χ2v) is 8.69. The Labute approximate surface area is 186 Å². The Kier molecular flexibility index (Phi) is 6.62. The van der Waals surface area contributed by atoms with E-state index < -0.39 is 0 Å². The van der Waals surface area contributed by atoms with Crippen molar-refractivity contribution in [3.05, 3.63) is 76.1 Å². The second-order valence-electron chi connectivity index (χ2n) is 7.66. The molecular weight excluding hydrogens is 408 g/mol. The van der Waals surface area contributed by atoms with E-state index in [1.54, 1.807) is 17.5 Å². The van der Waals surface area contributed by atoms with Crippen molar-refractivity contribution in [1.82, 2.24) is 9.88 Å². The zero-order valence-electron chi connectivity index (χ0n) is 17.6. The van der Waals surface area contributed by atoms with E-state index in [2.05, 4.69) is 15.2 Å². The van der Waals surface area contributed by atoms with Crippen LogP contribution in [0.3, 0.4) is 0 Å². The highest BCUT2D eigenvalue weighted by atomic mass is 32.1. The molecule has 1 N–H and O–H groups in total. The Morgan fingerprint density at radius 3 is 2.65 bits per heavy atom. The van der Waals surface area contributed by atoms with Gasteiger partial charge in [-0.3, -0.25) is 9.59 Å². The molecule has 2 amide bonds. The Bertz CT molecular complexity index is 1030. The Hall–Kier alpha value is -3.19. The highest BCUT2D eigenvalue weighted by Gasteiger charge is 2.22. The summed E-state index contributed by atoms with van der Waals surface area (Å²) in [6, 6.07) is 15.5. The predicted molar refractivity (Wildman–Crippen MR) is 125 cm³/mol. The molecule has 1 saturated heterocycles. The van der Waals surface area contributed by atoms with Gasteiger partial charge in [0.25, 0.3) is 5.91 Å². The Balaban J connectivity index is 1.34. The van der Waals surface area contributed by atoms with Gasteiger partial charge in [-0.15, -0.1) is 11.3 Å².